The van der Waals surface area contributed by atoms with Crippen LogP contribution in [0.5, 0.6) is 0 Å². The van der Waals surface area contributed by atoms with Crippen molar-refractivity contribution in [2.24, 2.45) is 7.05 Å². The Morgan fingerprint density at radius 1 is 1.38 bits per heavy atom. The second-order valence-corrected chi connectivity index (χ2v) is 8.55. The van der Waals surface area contributed by atoms with Gasteiger partial charge in [-0.3, -0.25) is 4.68 Å². The standard InChI is InChI=1S/C14H24N4O2S/c1-10-9-21(19,20)7-6-18(10)14-13(8-15-12-4-5-12)11(2)16-17(14)3/h10,12,15H,4-9H2,1-3H3. The van der Waals surface area contributed by atoms with Crippen molar-refractivity contribution in [3.05, 3.63) is 11.3 Å². The van der Waals surface area contributed by atoms with Crippen molar-refractivity contribution in [2.45, 2.75) is 45.3 Å². The molecule has 0 spiro atoms. The highest BCUT2D eigenvalue weighted by Crippen LogP contribution is 2.28. The molecule has 0 radical (unpaired) electrons. The summed E-state index contributed by atoms with van der Waals surface area (Å²) in [7, 11) is -0.951. The summed E-state index contributed by atoms with van der Waals surface area (Å²) in [6.45, 7) is 5.38. The fourth-order valence-electron chi connectivity index (χ4n) is 3.10. The minimum absolute atomic E-state index is 0.00164. The van der Waals surface area contributed by atoms with Crippen LogP contribution in [-0.2, 0) is 23.4 Å². The molecular formula is C14H24N4O2S. The molecule has 2 aliphatic rings. The lowest BCUT2D eigenvalue weighted by atomic mass is 10.2. The maximum Gasteiger partial charge on any atom is 0.154 e. The summed E-state index contributed by atoms with van der Waals surface area (Å²) in [6, 6.07) is 0.648. The Kier molecular flexibility index (Phi) is 3.73. The minimum Gasteiger partial charge on any atom is -0.352 e. The molecule has 118 valence electrons. The number of nitrogens with zero attached hydrogens (tertiary/aromatic N) is 3. The van der Waals surface area contributed by atoms with Gasteiger partial charge in [0, 0.05) is 37.8 Å². The normalized spacial score (nSPS) is 25.3. The molecule has 1 aliphatic carbocycles. The van der Waals surface area contributed by atoms with Crippen LogP contribution < -0.4 is 10.2 Å². The van der Waals surface area contributed by atoms with Crippen molar-refractivity contribution in [1.29, 1.82) is 0 Å². The monoisotopic (exact) mass is 312 g/mol. The van der Waals surface area contributed by atoms with Crippen molar-refractivity contribution in [3.8, 4) is 0 Å². The number of aryl methyl sites for hydroxylation is 2. The minimum atomic E-state index is -2.89. The third-order valence-corrected chi connectivity index (χ3v) is 6.20. The van der Waals surface area contributed by atoms with Gasteiger partial charge >= 0.3 is 0 Å². The van der Waals surface area contributed by atoms with Crippen LogP contribution in [0.4, 0.5) is 5.82 Å². The van der Waals surface area contributed by atoms with Crippen molar-refractivity contribution in [2.75, 3.05) is 23.0 Å². The van der Waals surface area contributed by atoms with E-state index in [1.807, 2.05) is 25.6 Å². The smallest absolute Gasteiger partial charge is 0.154 e. The predicted octanol–water partition coefficient (Wildman–Crippen LogP) is 0.604. The number of nitrogens with one attached hydrogen (secondary N) is 1. The Bertz CT molecular complexity index is 634. The first-order valence-electron chi connectivity index (χ1n) is 7.60. The van der Waals surface area contributed by atoms with Crippen LogP contribution in [0.25, 0.3) is 0 Å². The molecule has 0 amide bonds. The third kappa shape index (κ3) is 3.08. The van der Waals surface area contributed by atoms with Crippen LogP contribution >= 0.6 is 0 Å². The first kappa shape index (κ1) is 14.8. The summed E-state index contributed by atoms with van der Waals surface area (Å²) in [6.07, 6.45) is 2.51. The summed E-state index contributed by atoms with van der Waals surface area (Å²) in [5, 5.41) is 8.08. The first-order chi connectivity index (χ1) is 9.87. The quantitative estimate of drug-likeness (QED) is 0.882. The van der Waals surface area contributed by atoms with Crippen LogP contribution in [0.2, 0.25) is 0 Å². The van der Waals surface area contributed by atoms with Gasteiger partial charge in [0.05, 0.1) is 17.2 Å². The predicted molar refractivity (Wildman–Crippen MR) is 83.3 cm³/mol. The molecule has 1 saturated heterocycles. The summed E-state index contributed by atoms with van der Waals surface area (Å²) in [5.74, 6) is 1.53. The van der Waals surface area contributed by atoms with E-state index in [-0.39, 0.29) is 17.5 Å². The Morgan fingerprint density at radius 2 is 2.10 bits per heavy atom. The molecule has 21 heavy (non-hydrogen) atoms. The van der Waals surface area contributed by atoms with Crippen LogP contribution in [0.3, 0.4) is 0 Å². The zero-order valence-electron chi connectivity index (χ0n) is 13.0. The first-order valence-corrected chi connectivity index (χ1v) is 9.42. The van der Waals surface area contributed by atoms with Crippen LogP contribution in [-0.4, -0.2) is 48.3 Å². The molecule has 7 heteroatoms. The van der Waals surface area contributed by atoms with Gasteiger partial charge in [0.1, 0.15) is 5.82 Å². The van der Waals surface area contributed by atoms with E-state index in [0.29, 0.717) is 12.6 Å². The second kappa shape index (κ2) is 5.28. The lowest BCUT2D eigenvalue weighted by Gasteiger charge is -2.35. The average Bonchev–Trinajstić information content (AvgIpc) is 3.14. The van der Waals surface area contributed by atoms with E-state index in [4.69, 9.17) is 0 Å². The SMILES string of the molecule is Cc1nn(C)c(N2CCS(=O)(=O)CC2C)c1CNC1CC1. The maximum absolute atomic E-state index is 11.8. The van der Waals surface area contributed by atoms with Crippen LogP contribution in [0.15, 0.2) is 0 Å². The van der Waals surface area contributed by atoms with Crippen molar-refractivity contribution >= 4 is 15.7 Å². The van der Waals surface area contributed by atoms with E-state index < -0.39 is 9.84 Å². The molecule has 1 N–H and O–H groups in total. The van der Waals surface area contributed by atoms with Gasteiger partial charge in [0.15, 0.2) is 9.84 Å². The molecule has 1 aromatic rings. The number of sulfone groups is 1. The molecule has 0 bridgehead atoms. The highest BCUT2D eigenvalue weighted by atomic mass is 32.2. The summed E-state index contributed by atoms with van der Waals surface area (Å²) < 4.78 is 25.4. The Morgan fingerprint density at radius 3 is 2.71 bits per heavy atom. The Balaban J connectivity index is 1.86. The molecule has 2 heterocycles. The number of aromatic nitrogens is 2. The zero-order valence-corrected chi connectivity index (χ0v) is 13.8. The molecule has 2 fully saturated rings. The van der Waals surface area contributed by atoms with Gasteiger partial charge in [-0.2, -0.15) is 5.10 Å². The highest BCUT2D eigenvalue weighted by molar-refractivity contribution is 7.91. The van der Waals surface area contributed by atoms with E-state index in [1.165, 1.54) is 18.4 Å². The van der Waals surface area contributed by atoms with Gasteiger partial charge in [-0.25, -0.2) is 8.42 Å². The van der Waals surface area contributed by atoms with E-state index in [0.717, 1.165) is 18.1 Å². The number of rotatable bonds is 4. The van der Waals surface area contributed by atoms with Gasteiger partial charge in [-0.05, 0) is 26.7 Å². The molecule has 0 aromatic carbocycles. The molecule has 3 rings (SSSR count). The van der Waals surface area contributed by atoms with E-state index in [9.17, 15) is 8.42 Å². The summed E-state index contributed by atoms with van der Waals surface area (Å²) in [4.78, 5) is 2.20. The topological polar surface area (TPSA) is 67.2 Å². The molecule has 6 nitrogen and oxygen atoms in total. The van der Waals surface area contributed by atoms with Crippen molar-refractivity contribution in [1.82, 2.24) is 15.1 Å². The van der Waals surface area contributed by atoms with Gasteiger partial charge < -0.3 is 10.2 Å². The van der Waals surface area contributed by atoms with Gasteiger partial charge in [-0.1, -0.05) is 0 Å². The maximum atomic E-state index is 11.8. The fourth-order valence-corrected chi connectivity index (χ4v) is 4.66. The second-order valence-electron chi connectivity index (χ2n) is 6.32. The largest absolute Gasteiger partial charge is 0.352 e. The van der Waals surface area contributed by atoms with Gasteiger partial charge in [0.25, 0.3) is 0 Å². The van der Waals surface area contributed by atoms with E-state index >= 15 is 0 Å². The molecule has 1 saturated carbocycles. The Labute approximate surface area is 126 Å². The van der Waals surface area contributed by atoms with Gasteiger partial charge in [0.2, 0.25) is 0 Å². The van der Waals surface area contributed by atoms with Crippen molar-refractivity contribution < 1.29 is 8.42 Å². The van der Waals surface area contributed by atoms with Gasteiger partial charge in [-0.15, -0.1) is 0 Å². The number of hydrogen-bond donors (Lipinski definition) is 1. The van der Waals surface area contributed by atoms with E-state index in [2.05, 4.69) is 15.3 Å². The van der Waals surface area contributed by atoms with Crippen molar-refractivity contribution in [3.63, 3.8) is 0 Å². The highest BCUT2D eigenvalue weighted by Gasteiger charge is 2.32. The lowest BCUT2D eigenvalue weighted by Crippen LogP contribution is -2.48. The molecule has 1 unspecified atom stereocenters. The summed E-state index contributed by atoms with van der Waals surface area (Å²) in [5.41, 5.74) is 2.23. The number of anilines is 1. The summed E-state index contributed by atoms with van der Waals surface area (Å²) >= 11 is 0. The molecule has 1 aromatic heterocycles. The van der Waals surface area contributed by atoms with Crippen LogP contribution in [0, 0.1) is 6.92 Å². The molecule has 1 aliphatic heterocycles. The molecular weight excluding hydrogens is 288 g/mol. The lowest BCUT2D eigenvalue weighted by molar-refractivity contribution is 0.560. The Hall–Kier alpha value is -1.08. The van der Waals surface area contributed by atoms with Crippen LogP contribution in [0.1, 0.15) is 31.0 Å². The third-order valence-electron chi connectivity index (χ3n) is 4.40. The fraction of sp³-hybridized carbons (Fsp3) is 0.786. The molecule has 1 atom stereocenters. The average molecular weight is 312 g/mol. The van der Waals surface area contributed by atoms with E-state index in [1.54, 1.807) is 0 Å². The zero-order chi connectivity index (χ0) is 15.2. The number of hydrogen-bond acceptors (Lipinski definition) is 5.